The molecule has 3 rings (SSSR count). The van der Waals surface area contributed by atoms with Crippen LogP contribution >= 0.6 is 0 Å². The molecule has 0 bridgehead atoms. The summed E-state index contributed by atoms with van der Waals surface area (Å²) in [5, 5.41) is 10.8. The van der Waals surface area contributed by atoms with Gasteiger partial charge < -0.3 is 14.0 Å². The molecule has 0 saturated carbocycles. The van der Waals surface area contributed by atoms with Crippen LogP contribution in [-0.2, 0) is 11.8 Å². The van der Waals surface area contributed by atoms with Crippen molar-refractivity contribution < 1.29 is 24.0 Å². The first-order valence-corrected chi connectivity index (χ1v) is 7.73. The fourth-order valence-corrected chi connectivity index (χ4v) is 2.94. The van der Waals surface area contributed by atoms with Gasteiger partial charge in [0.25, 0.3) is 5.69 Å². The molecule has 0 unspecified atom stereocenters. The molecule has 26 heavy (non-hydrogen) atoms. The van der Waals surface area contributed by atoms with Crippen molar-refractivity contribution in [1.82, 2.24) is 4.57 Å². The number of carbonyl (C=O) groups is 2. The monoisotopic (exact) mass is 356 g/mol. The molecule has 0 aliphatic heterocycles. The van der Waals surface area contributed by atoms with E-state index >= 15 is 0 Å². The minimum Gasteiger partial charge on any atom is -0.492 e. The van der Waals surface area contributed by atoms with Crippen molar-refractivity contribution in [2.75, 3.05) is 7.11 Å². The lowest BCUT2D eigenvalue weighted by Crippen LogP contribution is -2.23. The van der Waals surface area contributed by atoms with Gasteiger partial charge in [0.05, 0.1) is 23.3 Å². The van der Waals surface area contributed by atoms with Crippen molar-refractivity contribution in [3.63, 3.8) is 0 Å². The van der Waals surface area contributed by atoms with Crippen LogP contribution in [0.15, 0.2) is 35.6 Å². The number of ether oxygens (including phenoxy) is 2. The number of nitrogens with zero attached hydrogens (tertiary/aromatic N) is 2. The molecule has 0 radical (unpaired) electrons. The number of allylic oxidation sites excluding steroid dienone is 2. The summed E-state index contributed by atoms with van der Waals surface area (Å²) in [6, 6.07) is 5.48. The first-order valence-electron chi connectivity index (χ1n) is 7.73. The smallest absolute Gasteiger partial charge is 0.269 e. The van der Waals surface area contributed by atoms with Gasteiger partial charge in [-0.15, -0.1) is 0 Å². The number of ketones is 2. The third kappa shape index (κ3) is 2.46. The van der Waals surface area contributed by atoms with Crippen LogP contribution in [0.2, 0.25) is 0 Å². The van der Waals surface area contributed by atoms with Gasteiger partial charge >= 0.3 is 0 Å². The van der Waals surface area contributed by atoms with Crippen LogP contribution in [0.3, 0.4) is 0 Å². The molecular formula is C18H16N2O6. The van der Waals surface area contributed by atoms with Gasteiger partial charge in [0.1, 0.15) is 11.4 Å². The fourth-order valence-electron chi connectivity index (χ4n) is 2.94. The summed E-state index contributed by atoms with van der Waals surface area (Å²) in [5.74, 6) is -0.197. The van der Waals surface area contributed by atoms with Crippen LogP contribution < -0.4 is 4.74 Å². The molecular weight excluding hydrogens is 340 g/mol. The van der Waals surface area contributed by atoms with E-state index in [1.807, 2.05) is 0 Å². The van der Waals surface area contributed by atoms with Crippen molar-refractivity contribution in [3.05, 3.63) is 62.7 Å². The van der Waals surface area contributed by atoms with E-state index in [0.29, 0.717) is 11.4 Å². The molecule has 0 fully saturated rings. The van der Waals surface area contributed by atoms with E-state index in [9.17, 15) is 19.7 Å². The fraction of sp³-hybridized carbons (Fsp3) is 0.222. The Bertz CT molecular complexity index is 982. The molecule has 8 heteroatoms. The Hall–Kier alpha value is -3.42. The number of fused-ring (bicyclic) bond motifs is 1. The normalized spacial score (nSPS) is 13.7. The van der Waals surface area contributed by atoms with E-state index in [2.05, 4.69) is 0 Å². The highest BCUT2D eigenvalue weighted by Gasteiger charge is 2.38. The van der Waals surface area contributed by atoms with Gasteiger partial charge in [0.15, 0.2) is 11.5 Å². The van der Waals surface area contributed by atoms with E-state index in [1.165, 1.54) is 31.4 Å². The average molecular weight is 356 g/mol. The van der Waals surface area contributed by atoms with Crippen LogP contribution in [0, 0.1) is 17.0 Å². The molecule has 0 amide bonds. The summed E-state index contributed by atoms with van der Waals surface area (Å²) in [4.78, 5) is 35.7. The topological polar surface area (TPSA) is 101 Å². The number of aromatic nitrogens is 1. The number of hydrogen-bond donors (Lipinski definition) is 0. The largest absolute Gasteiger partial charge is 0.492 e. The highest BCUT2D eigenvalue weighted by atomic mass is 16.6. The van der Waals surface area contributed by atoms with Crippen LogP contribution in [-0.4, -0.2) is 28.2 Å². The molecule has 0 saturated heterocycles. The summed E-state index contributed by atoms with van der Waals surface area (Å²) in [6.45, 7) is 3.27. The highest BCUT2D eigenvalue weighted by molar-refractivity contribution is 6.26. The van der Waals surface area contributed by atoms with E-state index in [4.69, 9.17) is 9.47 Å². The first kappa shape index (κ1) is 17.4. The number of hydrogen-bond acceptors (Lipinski definition) is 6. The third-order valence-electron chi connectivity index (χ3n) is 4.43. The minimum absolute atomic E-state index is 0.0124. The molecule has 8 nitrogen and oxygen atoms in total. The second-order valence-corrected chi connectivity index (χ2v) is 5.87. The lowest BCUT2D eigenvalue weighted by molar-refractivity contribution is -0.384. The van der Waals surface area contributed by atoms with Gasteiger partial charge in [0.2, 0.25) is 11.6 Å². The number of benzene rings is 1. The van der Waals surface area contributed by atoms with E-state index in [1.54, 1.807) is 25.5 Å². The summed E-state index contributed by atoms with van der Waals surface area (Å²) in [7, 11) is 3.01. The maximum absolute atomic E-state index is 12.8. The number of rotatable bonds is 4. The van der Waals surface area contributed by atoms with Gasteiger partial charge in [-0.1, -0.05) is 0 Å². The SMILES string of the molecule is COC1=C(C)C(=O)c2c(c(Oc3ccc([N+](=O)[O-])cc3)c(C)n2C)C1=O. The molecule has 1 aromatic carbocycles. The van der Waals surface area contributed by atoms with Crippen LogP contribution in [0.1, 0.15) is 33.5 Å². The highest BCUT2D eigenvalue weighted by Crippen LogP contribution is 2.39. The zero-order valence-corrected chi connectivity index (χ0v) is 14.7. The second kappa shape index (κ2) is 6.14. The van der Waals surface area contributed by atoms with Gasteiger partial charge in [-0.2, -0.15) is 0 Å². The number of methoxy groups -OCH3 is 1. The maximum Gasteiger partial charge on any atom is 0.269 e. The van der Waals surface area contributed by atoms with Crippen molar-refractivity contribution in [1.29, 1.82) is 0 Å². The Morgan fingerprint density at radius 1 is 1.08 bits per heavy atom. The molecule has 134 valence electrons. The third-order valence-corrected chi connectivity index (χ3v) is 4.43. The molecule has 1 heterocycles. The average Bonchev–Trinajstić information content (AvgIpc) is 2.86. The second-order valence-electron chi connectivity index (χ2n) is 5.87. The number of nitro groups is 1. The molecule has 2 aromatic rings. The van der Waals surface area contributed by atoms with Gasteiger partial charge in [-0.05, 0) is 26.0 Å². The molecule has 1 aliphatic carbocycles. The lowest BCUT2D eigenvalue weighted by Gasteiger charge is -2.17. The van der Waals surface area contributed by atoms with Crippen LogP contribution in [0.4, 0.5) is 5.69 Å². The predicted octanol–water partition coefficient (Wildman–Crippen LogP) is 3.33. The van der Waals surface area contributed by atoms with Crippen LogP contribution in [0.5, 0.6) is 11.5 Å². The Morgan fingerprint density at radius 3 is 2.23 bits per heavy atom. The van der Waals surface area contributed by atoms with E-state index < -0.39 is 10.7 Å². The Kier molecular flexibility index (Phi) is 4.11. The number of non-ortho nitro benzene ring substituents is 1. The van der Waals surface area contributed by atoms with Gasteiger partial charge in [0, 0.05) is 24.8 Å². The predicted molar refractivity (Wildman–Crippen MR) is 91.7 cm³/mol. The zero-order valence-electron chi connectivity index (χ0n) is 14.7. The maximum atomic E-state index is 12.8. The Morgan fingerprint density at radius 2 is 1.69 bits per heavy atom. The van der Waals surface area contributed by atoms with Crippen molar-refractivity contribution >= 4 is 17.3 Å². The molecule has 0 N–H and O–H groups in total. The lowest BCUT2D eigenvalue weighted by atomic mass is 9.93. The summed E-state index contributed by atoms with van der Waals surface area (Å²) in [6.07, 6.45) is 0. The number of nitro benzene ring substituents is 1. The minimum atomic E-state index is -0.514. The quantitative estimate of drug-likeness (QED) is 0.615. The molecule has 0 spiro atoms. The van der Waals surface area contributed by atoms with Crippen molar-refractivity contribution in [2.45, 2.75) is 13.8 Å². The molecule has 1 aromatic heterocycles. The van der Waals surface area contributed by atoms with Crippen LogP contribution in [0.25, 0.3) is 0 Å². The van der Waals surface area contributed by atoms with Crippen molar-refractivity contribution in [2.24, 2.45) is 7.05 Å². The standard InChI is InChI=1S/C18H16N2O6/c1-9-15(21)14-13(16(22)17(9)25-4)18(10(2)19(14)3)26-12-7-5-11(6-8-12)20(23)24/h5-8H,1-4H3. The van der Waals surface area contributed by atoms with Crippen molar-refractivity contribution in [3.8, 4) is 11.5 Å². The number of carbonyl (C=O) groups excluding carboxylic acids is 2. The summed E-state index contributed by atoms with van der Waals surface area (Å²) >= 11 is 0. The molecule has 0 atom stereocenters. The van der Waals surface area contributed by atoms with Gasteiger partial charge in [-0.25, -0.2) is 0 Å². The number of Topliss-reactive ketones (excluding diaryl/α,β-unsaturated/α-hetero) is 2. The Labute approximate surface area is 148 Å². The first-order chi connectivity index (χ1) is 12.3. The summed E-state index contributed by atoms with van der Waals surface area (Å²) in [5.41, 5.74) is 1.13. The summed E-state index contributed by atoms with van der Waals surface area (Å²) < 4.78 is 12.5. The molecule has 1 aliphatic rings. The van der Waals surface area contributed by atoms with E-state index in [-0.39, 0.29) is 39.8 Å². The van der Waals surface area contributed by atoms with Gasteiger partial charge in [-0.3, -0.25) is 19.7 Å². The Balaban J connectivity index is 2.10. The van der Waals surface area contributed by atoms with E-state index in [0.717, 1.165) is 0 Å². The zero-order chi connectivity index (χ0) is 19.2.